The van der Waals surface area contributed by atoms with Crippen LogP contribution in [0.4, 0.5) is 22.0 Å². The molecule has 7 nitrogen and oxygen atoms in total. The Bertz CT molecular complexity index is 1680. The van der Waals surface area contributed by atoms with E-state index >= 15 is 0 Å². The highest BCUT2D eigenvalue weighted by Crippen LogP contribution is 2.59. The van der Waals surface area contributed by atoms with E-state index in [0.29, 0.717) is 29.4 Å². The second-order valence-electron chi connectivity index (χ2n) is 9.76. The lowest BCUT2D eigenvalue weighted by Gasteiger charge is -2.48. The molecule has 228 valence electrons. The maximum Gasteiger partial charge on any atom is 0.432 e. The molecule has 3 aliphatic carbocycles. The summed E-state index contributed by atoms with van der Waals surface area (Å²) in [7, 11) is -6.93. The maximum absolute atomic E-state index is 14.4. The summed E-state index contributed by atoms with van der Waals surface area (Å²) in [5.41, 5.74) is 2.04. The minimum Gasteiger partial charge on any atom is -0.743 e. The largest absolute Gasteiger partial charge is 0.743 e. The van der Waals surface area contributed by atoms with E-state index in [9.17, 15) is 44.5 Å². The molecule has 0 radical (unpaired) electrons. The third-order valence-corrected chi connectivity index (χ3v) is 10.4. The quantitative estimate of drug-likeness (QED) is 0.0909. The molecule has 16 heteroatoms. The molecule has 0 aliphatic heterocycles. The van der Waals surface area contributed by atoms with Crippen LogP contribution >= 0.6 is 67.8 Å². The van der Waals surface area contributed by atoms with Gasteiger partial charge in [0.25, 0.3) is 6.10 Å². The summed E-state index contributed by atoms with van der Waals surface area (Å²) in [4.78, 5) is 27.6. The molecule has 0 saturated carbocycles. The number of esters is 2. The standard InChI is InChI=1S/C27H16F5I3O7S/c28-26(29,30)25(27(31,32)43(38,39)40)42-24(37)21-19-14-7-3-1-5-12(14)18(13-6-2-4-8-15(13)19)20(21)23(36)41-22-16(34)9-11(33)10-17(22)35/h1-10,18-21,25H,(H,38,39,40)/p-1. The zero-order chi connectivity index (χ0) is 31.6. The summed E-state index contributed by atoms with van der Waals surface area (Å²) in [5.74, 6) is -8.38. The first-order valence-electron chi connectivity index (χ1n) is 12.1. The van der Waals surface area contributed by atoms with E-state index < -0.39 is 63.3 Å². The number of fused-ring (bicyclic) bond motifs is 1. The second-order valence-corrected chi connectivity index (χ2v) is 14.8. The molecular formula is C27H15F5I3O7S-. The van der Waals surface area contributed by atoms with Gasteiger partial charge in [-0.2, -0.15) is 22.0 Å². The number of rotatable bonds is 6. The molecule has 6 rings (SSSR count). The van der Waals surface area contributed by atoms with Crippen molar-refractivity contribution < 1.29 is 54.0 Å². The predicted octanol–water partition coefficient (Wildman–Crippen LogP) is 6.54. The summed E-state index contributed by atoms with van der Waals surface area (Å²) >= 11 is 5.90. The van der Waals surface area contributed by atoms with Gasteiger partial charge in [-0.15, -0.1) is 0 Å². The number of carbonyl (C=O) groups excluding carboxylic acids is 2. The zero-order valence-electron chi connectivity index (χ0n) is 20.9. The van der Waals surface area contributed by atoms with Crippen molar-refractivity contribution in [2.24, 2.45) is 11.8 Å². The maximum atomic E-state index is 14.4. The lowest BCUT2D eigenvalue weighted by atomic mass is 9.54. The summed E-state index contributed by atoms with van der Waals surface area (Å²) in [6.07, 6.45) is -10.8. The number of halogens is 8. The summed E-state index contributed by atoms with van der Waals surface area (Å²) in [5, 5.41) is -6.05. The van der Waals surface area contributed by atoms with Gasteiger partial charge in [-0.3, -0.25) is 9.59 Å². The van der Waals surface area contributed by atoms with Crippen molar-refractivity contribution in [1.29, 1.82) is 0 Å². The van der Waals surface area contributed by atoms with Gasteiger partial charge in [0.2, 0.25) is 0 Å². The van der Waals surface area contributed by atoms with Gasteiger partial charge in [-0.25, -0.2) is 8.42 Å². The fourth-order valence-corrected chi connectivity index (χ4v) is 9.94. The van der Waals surface area contributed by atoms with Crippen molar-refractivity contribution in [3.05, 3.63) is 93.6 Å². The third kappa shape index (κ3) is 5.78. The SMILES string of the molecule is O=C(Oc1c(I)cc(I)cc1I)C1C2c3ccccc3C(c3ccccc32)C1C(=O)OC(C(F)(F)F)C(F)(F)S(=O)(=O)[O-]. The van der Waals surface area contributed by atoms with Crippen LogP contribution in [0.2, 0.25) is 0 Å². The van der Waals surface area contributed by atoms with Crippen LogP contribution in [0.25, 0.3) is 0 Å². The summed E-state index contributed by atoms with van der Waals surface area (Å²) in [6.45, 7) is 0. The topological polar surface area (TPSA) is 110 Å². The highest BCUT2D eigenvalue weighted by Gasteiger charge is 2.65. The van der Waals surface area contributed by atoms with Crippen LogP contribution in [0, 0.1) is 22.5 Å². The minimum absolute atomic E-state index is 0.124. The van der Waals surface area contributed by atoms with E-state index in [0.717, 1.165) is 3.57 Å². The Morgan fingerprint density at radius 3 is 1.53 bits per heavy atom. The average Bonchev–Trinajstić information content (AvgIpc) is 2.91. The van der Waals surface area contributed by atoms with E-state index in [1.165, 1.54) is 0 Å². The Morgan fingerprint density at radius 1 is 0.767 bits per heavy atom. The molecule has 0 heterocycles. The fourth-order valence-electron chi connectivity index (χ4n) is 5.69. The van der Waals surface area contributed by atoms with Gasteiger partial charge in [-0.05, 0) is 102 Å². The van der Waals surface area contributed by atoms with Crippen molar-refractivity contribution in [2.75, 3.05) is 0 Å². The van der Waals surface area contributed by atoms with Crippen LogP contribution in [-0.2, 0) is 24.4 Å². The highest BCUT2D eigenvalue weighted by atomic mass is 127. The van der Waals surface area contributed by atoms with Crippen LogP contribution < -0.4 is 4.74 Å². The normalized spacial score (nSPS) is 21.9. The highest BCUT2D eigenvalue weighted by molar-refractivity contribution is 14.1. The molecule has 3 aromatic rings. The summed E-state index contributed by atoms with van der Waals surface area (Å²) in [6, 6.07) is 16.5. The van der Waals surface area contributed by atoms with Gasteiger partial charge in [0, 0.05) is 15.4 Å². The molecule has 0 N–H and O–H groups in total. The van der Waals surface area contributed by atoms with Crippen LogP contribution in [0.3, 0.4) is 0 Å². The fraction of sp³-hybridized carbons (Fsp3) is 0.259. The molecule has 2 bridgehead atoms. The van der Waals surface area contributed by atoms with Crippen LogP contribution in [0.5, 0.6) is 5.75 Å². The first-order valence-corrected chi connectivity index (χ1v) is 16.7. The van der Waals surface area contributed by atoms with Gasteiger partial charge < -0.3 is 14.0 Å². The lowest BCUT2D eigenvalue weighted by Crippen LogP contribution is -2.55. The molecule has 43 heavy (non-hydrogen) atoms. The number of hydrogen-bond acceptors (Lipinski definition) is 7. The number of hydrogen-bond donors (Lipinski definition) is 0. The Labute approximate surface area is 282 Å². The van der Waals surface area contributed by atoms with E-state index in [2.05, 4.69) is 27.3 Å². The first kappa shape index (κ1) is 32.7. The van der Waals surface area contributed by atoms with Crippen molar-refractivity contribution in [2.45, 2.75) is 29.4 Å². The lowest BCUT2D eigenvalue weighted by molar-refractivity contribution is -0.261. The Balaban J connectivity index is 1.67. The molecule has 3 aliphatic rings. The Morgan fingerprint density at radius 2 is 1.16 bits per heavy atom. The van der Waals surface area contributed by atoms with Gasteiger partial charge in [0.1, 0.15) is 0 Å². The monoisotopic (exact) mass is 959 g/mol. The van der Waals surface area contributed by atoms with Gasteiger partial charge >= 0.3 is 23.4 Å². The first-order chi connectivity index (χ1) is 19.9. The molecule has 0 saturated heterocycles. The van der Waals surface area contributed by atoms with E-state index in [1.807, 2.05) is 45.2 Å². The van der Waals surface area contributed by atoms with Crippen molar-refractivity contribution in [3.63, 3.8) is 0 Å². The molecule has 0 amide bonds. The molecule has 3 aromatic carbocycles. The summed E-state index contributed by atoms with van der Waals surface area (Å²) < 4.78 is 115. The molecule has 3 unspecified atom stereocenters. The van der Waals surface area contributed by atoms with Crippen molar-refractivity contribution >= 4 is 89.8 Å². The van der Waals surface area contributed by atoms with Gasteiger partial charge in [0.15, 0.2) is 15.9 Å². The Kier molecular flexibility index (Phi) is 8.84. The average molecular weight is 959 g/mol. The van der Waals surface area contributed by atoms with E-state index in [4.69, 9.17) is 4.74 Å². The number of ether oxygens (including phenoxy) is 2. The third-order valence-electron chi connectivity index (χ3n) is 7.32. The molecule has 3 atom stereocenters. The van der Waals surface area contributed by atoms with Gasteiger partial charge in [0.05, 0.1) is 19.0 Å². The minimum atomic E-state index is -6.93. The van der Waals surface area contributed by atoms with E-state index in [1.54, 1.807) is 60.7 Å². The number of benzene rings is 3. The number of alkyl halides is 5. The molecule has 0 fully saturated rings. The molecular weight excluding hydrogens is 944 g/mol. The smallest absolute Gasteiger partial charge is 0.432 e. The van der Waals surface area contributed by atoms with Crippen LogP contribution in [0.15, 0.2) is 60.7 Å². The van der Waals surface area contributed by atoms with Crippen LogP contribution in [0.1, 0.15) is 34.1 Å². The predicted molar refractivity (Wildman–Crippen MR) is 164 cm³/mol. The second kappa shape index (κ2) is 11.6. The van der Waals surface area contributed by atoms with E-state index in [-0.39, 0.29) is 5.75 Å². The molecule has 0 aromatic heterocycles. The Hall–Kier alpha value is -1.65. The zero-order valence-corrected chi connectivity index (χ0v) is 28.2. The van der Waals surface area contributed by atoms with Crippen molar-refractivity contribution in [3.8, 4) is 5.75 Å². The molecule has 0 spiro atoms. The number of carbonyl (C=O) groups is 2. The van der Waals surface area contributed by atoms with Gasteiger partial charge in [-0.1, -0.05) is 48.5 Å². The van der Waals surface area contributed by atoms with Crippen molar-refractivity contribution in [1.82, 2.24) is 0 Å². The van der Waals surface area contributed by atoms with Crippen LogP contribution in [-0.4, -0.2) is 42.4 Å².